The third kappa shape index (κ3) is 4.96. The van der Waals surface area contributed by atoms with Crippen molar-refractivity contribution in [3.05, 3.63) is 29.8 Å². The number of hydrogen-bond donors (Lipinski definition) is 1. The molecule has 0 aliphatic rings. The summed E-state index contributed by atoms with van der Waals surface area (Å²) < 4.78 is 30.8. The van der Waals surface area contributed by atoms with Crippen molar-refractivity contribution >= 4 is 33.2 Å². The van der Waals surface area contributed by atoms with Crippen molar-refractivity contribution in [3.8, 4) is 0 Å². The van der Waals surface area contributed by atoms with Gasteiger partial charge in [-0.2, -0.15) is 0 Å². The summed E-state index contributed by atoms with van der Waals surface area (Å²) in [6.07, 6.45) is -0.256. The molecule has 104 valence electrons. The molecule has 0 saturated heterocycles. The monoisotopic (exact) mass is 301 g/mol. The molecule has 0 heterocycles. The van der Waals surface area contributed by atoms with Crippen LogP contribution in [0.4, 0.5) is 0 Å². The van der Waals surface area contributed by atoms with Gasteiger partial charge in [-0.3, -0.25) is 9.52 Å². The predicted octanol–water partition coefficient (Wildman–Crippen LogP) is 1.55. The molecule has 0 radical (unpaired) electrons. The van der Waals surface area contributed by atoms with Gasteiger partial charge in [-0.1, -0.05) is 29.9 Å². The lowest BCUT2D eigenvalue weighted by Crippen LogP contribution is -2.31. The molecule has 5 nitrogen and oxygen atoms in total. The number of aryl methyl sites for hydroxylation is 1. The van der Waals surface area contributed by atoms with Crippen LogP contribution in [0.5, 0.6) is 0 Å². The molecule has 0 amide bonds. The molecule has 1 N–H and O–H groups in total. The number of benzene rings is 1. The SMILES string of the molecule is CCOC(=O)CC(=S)NS(=O)(=O)c1ccc(C)cc1. The van der Waals surface area contributed by atoms with Crippen molar-refractivity contribution in [2.45, 2.75) is 25.2 Å². The standard InChI is InChI=1S/C12H15NO4S2/c1-3-17-12(14)8-11(18)13-19(15,16)10-6-4-9(2)5-7-10/h4-7H,3,8H2,1-2H3,(H,13,18). The van der Waals surface area contributed by atoms with E-state index in [2.05, 4.69) is 9.46 Å². The molecule has 1 rings (SSSR count). The van der Waals surface area contributed by atoms with Crippen molar-refractivity contribution < 1.29 is 17.9 Å². The lowest BCUT2D eigenvalue weighted by atomic mass is 10.2. The summed E-state index contributed by atoms with van der Waals surface area (Å²) in [6.45, 7) is 3.75. The van der Waals surface area contributed by atoms with Crippen molar-refractivity contribution in [3.63, 3.8) is 0 Å². The molecule has 0 fully saturated rings. The molecule has 0 aliphatic heterocycles. The second-order valence-corrected chi connectivity index (χ2v) is 6.00. The van der Waals surface area contributed by atoms with Gasteiger partial charge in [0.25, 0.3) is 10.0 Å². The molecule has 0 unspecified atom stereocenters. The molecule has 0 saturated carbocycles. The van der Waals surface area contributed by atoms with E-state index in [1.807, 2.05) is 6.92 Å². The van der Waals surface area contributed by atoms with Crippen molar-refractivity contribution in [2.75, 3.05) is 6.61 Å². The van der Waals surface area contributed by atoms with Crippen LogP contribution in [0.3, 0.4) is 0 Å². The lowest BCUT2D eigenvalue weighted by Gasteiger charge is -2.09. The van der Waals surface area contributed by atoms with E-state index in [0.29, 0.717) is 0 Å². The Hall–Kier alpha value is -1.47. The Morgan fingerprint density at radius 3 is 2.42 bits per heavy atom. The number of hydrogen-bond acceptors (Lipinski definition) is 5. The Kier molecular flexibility index (Phi) is 5.44. The second-order valence-electron chi connectivity index (χ2n) is 3.82. The molecule has 7 heteroatoms. The van der Waals surface area contributed by atoms with Crippen LogP contribution in [0.1, 0.15) is 18.9 Å². The molecular weight excluding hydrogens is 286 g/mol. The van der Waals surface area contributed by atoms with E-state index in [4.69, 9.17) is 12.2 Å². The minimum absolute atomic E-state index is 0.0842. The van der Waals surface area contributed by atoms with Crippen molar-refractivity contribution in [1.29, 1.82) is 0 Å². The fourth-order valence-electron chi connectivity index (χ4n) is 1.31. The fourth-order valence-corrected chi connectivity index (χ4v) is 2.74. The van der Waals surface area contributed by atoms with Crippen LogP contribution in [0, 0.1) is 6.92 Å². The Bertz CT molecular complexity index is 564. The molecule has 0 aromatic heterocycles. The fraction of sp³-hybridized carbons (Fsp3) is 0.333. The molecular formula is C12H15NO4S2. The highest BCUT2D eigenvalue weighted by Gasteiger charge is 2.17. The third-order valence-corrected chi connectivity index (χ3v) is 3.97. The number of nitrogens with one attached hydrogen (secondary N) is 1. The van der Waals surface area contributed by atoms with E-state index in [1.165, 1.54) is 12.1 Å². The van der Waals surface area contributed by atoms with Crippen LogP contribution in [0.2, 0.25) is 0 Å². The number of carbonyl (C=O) groups excluding carboxylic acids is 1. The van der Waals surface area contributed by atoms with Crippen LogP contribution in [0.25, 0.3) is 0 Å². The Balaban J connectivity index is 2.72. The number of carbonyl (C=O) groups is 1. The Morgan fingerprint density at radius 1 is 1.32 bits per heavy atom. The largest absolute Gasteiger partial charge is 0.466 e. The van der Waals surface area contributed by atoms with Gasteiger partial charge in [0.15, 0.2) is 0 Å². The zero-order valence-corrected chi connectivity index (χ0v) is 12.3. The third-order valence-electron chi connectivity index (χ3n) is 2.19. The quantitative estimate of drug-likeness (QED) is 0.660. The average molecular weight is 301 g/mol. The van der Waals surface area contributed by atoms with E-state index in [0.717, 1.165) is 5.56 Å². The maximum atomic E-state index is 11.9. The first kappa shape index (κ1) is 15.6. The van der Waals surface area contributed by atoms with Crippen molar-refractivity contribution in [2.24, 2.45) is 0 Å². The van der Waals surface area contributed by atoms with Crippen molar-refractivity contribution in [1.82, 2.24) is 4.72 Å². The highest BCUT2D eigenvalue weighted by molar-refractivity contribution is 7.91. The summed E-state index contributed by atoms with van der Waals surface area (Å²) in [5.41, 5.74) is 0.952. The average Bonchev–Trinajstić information content (AvgIpc) is 2.28. The molecule has 0 bridgehead atoms. The smallest absolute Gasteiger partial charge is 0.312 e. The van der Waals surface area contributed by atoms with Gasteiger partial charge >= 0.3 is 5.97 Å². The van der Waals surface area contributed by atoms with Gasteiger partial charge in [0.2, 0.25) is 0 Å². The zero-order chi connectivity index (χ0) is 14.5. The number of ether oxygens (including phenoxy) is 1. The number of esters is 1. The number of rotatable bonds is 5. The van der Waals surface area contributed by atoms with Gasteiger partial charge < -0.3 is 4.74 Å². The summed E-state index contributed by atoms with van der Waals surface area (Å²) in [6, 6.07) is 6.32. The van der Waals surface area contributed by atoms with E-state index in [9.17, 15) is 13.2 Å². The van der Waals surface area contributed by atoms with E-state index < -0.39 is 16.0 Å². The molecule has 0 atom stereocenters. The van der Waals surface area contributed by atoms with Crippen LogP contribution >= 0.6 is 12.2 Å². The first-order valence-electron chi connectivity index (χ1n) is 5.63. The molecule has 19 heavy (non-hydrogen) atoms. The molecule has 0 spiro atoms. The summed E-state index contributed by atoms with van der Waals surface area (Å²) >= 11 is 4.83. The maximum Gasteiger partial charge on any atom is 0.312 e. The van der Waals surface area contributed by atoms with E-state index >= 15 is 0 Å². The molecule has 0 aliphatic carbocycles. The Labute approximate surface area is 118 Å². The second kappa shape index (κ2) is 6.63. The predicted molar refractivity (Wildman–Crippen MR) is 75.3 cm³/mol. The normalized spacial score (nSPS) is 10.8. The minimum Gasteiger partial charge on any atom is -0.466 e. The van der Waals surface area contributed by atoms with Gasteiger partial charge in [-0.15, -0.1) is 0 Å². The lowest BCUT2D eigenvalue weighted by molar-refractivity contribution is -0.141. The van der Waals surface area contributed by atoms with Gasteiger partial charge in [0.1, 0.15) is 4.99 Å². The van der Waals surface area contributed by atoms with Crippen LogP contribution in [0.15, 0.2) is 29.2 Å². The first-order chi connectivity index (χ1) is 8.85. The maximum absolute atomic E-state index is 11.9. The summed E-state index contributed by atoms with van der Waals surface area (Å²) in [5, 5.41) is 0. The van der Waals surface area contributed by atoms with Gasteiger partial charge in [-0.05, 0) is 26.0 Å². The minimum atomic E-state index is -3.74. The topological polar surface area (TPSA) is 72.5 Å². The summed E-state index contributed by atoms with van der Waals surface area (Å²) in [4.78, 5) is 11.2. The highest BCUT2D eigenvalue weighted by Crippen LogP contribution is 2.10. The molecule has 1 aromatic rings. The van der Waals surface area contributed by atoms with Crippen LogP contribution in [-0.2, 0) is 19.6 Å². The zero-order valence-electron chi connectivity index (χ0n) is 10.7. The van der Waals surface area contributed by atoms with Crippen LogP contribution < -0.4 is 4.72 Å². The first-order valence-corrected chi connectivity index (χ1v) is 7.52. The van der Waals surface area contributed by atoms with E-state index in [1.54, 1.807) is 19.1 Å². The van der Waals surface area contributed by atoms with Gasteiger partial charge in [-0.25, -0.2) is 8.42 Å². The summed E-state index contributed by atoms with van der Waals surface area (Å²) in [7, 11) is -3.74. The number of thiocarbonyl (C=S) groups is 1. The van der Waals surface area contributed by atoms with E-state index in [-0.39, 0.29) is 22.9 Å². The highest BCUT2D eigenvalue weighted by atomic mass is 32.2. The van der Waals surface area contributed by atoms with Gasteiger partial charge in [0.05, 0.1) is 17.9 Å². The van der Waals surface area contributed by atoms with Crippen LogP contribution in [-0.4, -0.2) is 26.0 Å². The number of sulfonamides is 1. The Morgan fingerprint density at radius 2 is 1.89 bits per heavy atom. The molecule has 1 aromatic carbocycles. The van der Waals surface area contributed by atoms with Gasteiger partial charge in [0, 0.05) is 0 Å². The summed E-state index contributed by atoms with van der Waals surface area (Å²) in [5.74, 6) is -0.556.